The molecule has 0 amide bonds. The van der Waals surface area contributed by atoms with E-state index in [1.807, 2.05) is 11.8 Å². The number of ether oxygens (including phenoxy) is 2. The van der Waals surface area contributed by atoms with Crippen molar-refractivity contribution < 1.29 is 9.47 Å². The molecule has 1 saturated heterocycles. The molecule has 1 rings (SSSR count). The van der Waals surface area contributed by atoms with Gasteiger partial charge in [-0.05, 0) is 18.7 Å². The Morgan fingerprint density at radius 1 is 1.50 bits per heavy atom. The van der Waals surface area contributed by atoms with Gasteiger partial charge in [-0.2, -0.15) is 0 Å². The van der Waals surface area contributed by atoms with Crippen LogP contribution in [0.25, 0.3) is 0 Å². The van der Waals surface area contributed by atoms with Crippen molar-refractivity contribution in [3.8, 4) is 0 Å². The zero-order valence-electron chi connectivity index (χ0n) is 7.71. The maximum Gasteiger partial charge on any atom is 0.159 e. The topological polar surface area (TPSA) is 30.5 Å². The summed E-state index contributed by atoms with van der Waals surface area (Å²) in [4.78, 5) is 0. The predicted octanol–water partition coefficient (Wildman–Crippen LogP) is 1.05. The Morgan fingerprint density at radius 2 is 2.25 bits per heavy atom. The molecule has 1 atom stereocenters. The molecule has 4 heteroatoms. The summed E-state index contributed by atoms with van der Waals surface area (Å²) in [6.45, 7) is 1.12. The van der Waals surface area contributed by atoms with Crippen LogP contribution in [0.5, 0.6) is 0 Å². The van der Waals surface area contributed by atoms with Gasteiger partial charge in [-0.3, -0.25) is 0 Å². The molecule has 12 heavy (non-hydrogen) atoms. The van der Waals surface area contributed by atoms with Gasteiger partial charge in [-0.25, -0.2) is 0 Å². The second-order valence-corrected chi connectivity index (χ2v) is 4.11. The fraction of sp³-hybridized carbons (Fsp3) is 1.00. The third kappa shape index (κ3) is 3.31. The zero-order chi connectivity index (χ0) is 8.81. The Balaban J connectivity index is 2.18. The Hall–Kier alpha value is 0.230. The summed E-state index contributed by atoms with van der Waals surface area (Å²) in [7, 11) is 3.36. The number of methoxy groups -OCH3 is 2. The monoisotopic (exact) mass is 191 g/mol. The van der Waals surface area contributed by atoms with Gasteiger partial charge in [0.1, 0.15) is 0 Å². The van der Waals surface area contributed by atoms with Crippen molar-refractivity contribution in [3.05, 3.63) is 0 Å². The highest BCUT2D eigenvalue weighted by molar-refractivity contribution is 7.99. The lowest BCUT2D eigenvalue weighted by Crippen LogP contribution is -2.35. The second kappa shape index (κ2) is 5.80. The first-order chi connectivity index (χ1) is 5.86. The van der Waals surface area contributed by atoms with Crippen LogP contribution in [0.2, 0.25) is 0 Å². The minimum atomic E-state index is -0.0619. The molecule has 1 aliphatic heterocycles. The molecule has 0 spiro atoms. The molecule has 1 heterocycles. The summed E-state index contributed by atoms with van der Waals surface area (Å²) in [5.41, 5.74) is 0. The lowest BCUT2D eigenvalue weighted by atomic mass is 10.3. The minimum Gasteiger partial charge on any atom is -0.356 e. The number of hydrogen-bond acceptors (Lipinski definition) is 4. The van der Waals surface area contributed by atoms with Crippen molar-refractivity contribution in [1.82, 2.24) is 5.32 Å². The van der Waals surface area contributed by atoms with Crippen LogP contribution in [-0.2, 0) is 9.47 Å². The second-order valence-electron chi connectivity index (χ2n) is 2.80. The highest BCUT2D eigenvalue weighted by Gasteiger charge is 2.17. The number of hydrogen-bond donors (Lipinski definition) is 1. The molecule has 1 fully saturated rings. The van der Waals surface area contributed by atoms with E-state index in [2.05, 4.69) is 5.32 Å². The van der Waals surface area contributed by atoms with Crippen molar-refractivity contribution >= 4 is 11.8 Å². The molecule has 0 aromatic rings. The van der Waals surface area contributed by atoms with E-state index in [4.69, 9.17) is 9.47 Å². The molecule has 0 aliphatic carbocycles. The summed E-state index contributed by atoms with van der Waals surface area (Å²) in [6.07, 6.45) is 2.14. The lowest BCUT2D eigenvalue weighted by molar-refractivity contribution is -0.107. The molecular weight excluding hydrogens is 174 g/mol. The van der Waals surface area contributed by atoms with E-state index in [9.17, 15) is 0 Å². The predicted molar refractivity (Wildman–Crippen MR) is 51.3 cm³/mol. The highest BCUT2D eigenvalue weighted by atomic mass is 32.2. The van der Waals surface area contributed by atoms with Gasteiger partial charge in [-0.15, -0.1) is 11.8 Å². The van der Waals surface area contributed by atoms with E-state index in [1.54, 1.807) is 14.2 Å². The van der Waals surface area contributed by atoms with Crippen molar-refractivity contribution in [1.29, 1.82) is 0 Å². The summed E-state index contributed by atoms with van der Waals surface area (Å²) in [5.74, 6) is 1.25. The number of nitrogens with one attached hydrogen (secondary N) is 1. The average Bonchev–Trinajstić information content (AvgIpc) is 2.16. The third-order valence-electron chi connectivity index (χ3n) is 1.94. The summed E-state index contributed by atoms with van der Waals surface area (Å²) < 4.78 is 10.3. The van der Waals surface area contributed by atoms with E-state index in [0.717, 1.165) is 13.0 Å². The molecule has 3 nitrogen and oxygen atoms in total. The van der Waals surface area contributed by atoms with E-state index >= 15 is 0 Å². The van der Waals surface area contributed by atoms with Gasteiger partial charge in [0, 0.05) is 20.6 Å². The molecule has 0 aromatic heterocycles. The quantitative estimate of drug-likeness (QED) is 0.673. The molecule has 72 valence electrons. The normalized spacial score (nSPS) is 24.8. The first kappa shape index (κ1) is 10.3. The molecule has 0 saturated carbocycles. The Kier molecular flexibility index (Phi) is 4.99. The van der Waals surface area contributed by atoms with Gasteiger partial charge in [0.05, 0.1) is 5.37 Å². The van der Waals surface area contributed by atoms with Crippen molar-refractivity contribution in [2.45, 2.75) is 24.5 Å². The van der Waals surface area contributed by atoms with E-state index in [1.165, 1.54) is 12.2 Å². The van der Waals surface area contributed by atoms with Crippen LogP contribution in [0.3, 0.4) is 0 Å². The smallest absolute Gasteiger partial charge is 0.159 e. The minimum absolute atomic E-state index is 0.0619. The molecular formula is C8H17NO2S. The van der Waals surface area contributed by atoms with Crippen LogP contribution in [-0.4, -0.2) is 38.2 Å². The van der Waals surface area contributed by atoms with Gasteiger partial charge >= 0.3 is 0 Å². The van der Waals surface area contributed by atoms with Gasteiger partial charge < -0.3 is 14.8 Å². The SMILES string of the molecule is COC(CC1NCCCS1)OC. The molecule has 0 bridgehead atoms. The summed E-state index contributed by atoms with van der Waals surface area (Å²) >= 11 is 1.95. The summed E-state index contributed by atoms with van der Waals surface area (Å²) in [6, 6.07) is 0. The number of thioether (sulfide) groups is 1. The van der Waals surface area contributed by atoms with Crippen LogP contribution >= 0.6 is 11.8 Å². The summed E-state index contributed by atoms with van der Waals surface area (Å²) in [5, 5.41) is 3.92. The first-order valence-electron chi connectivity index (χ1n) is 4.27. The van der Waals surface area contributed by atoms with Gasteiger partial charge in [0.15, 0.2) is 6.29 Å². The average molecular weight is 191 g/mol. The molecule has 0 radical (unpaired) electrons. The third-order valence-corrected chi connectivity index (χ3v) is 3.23. The molecule has 1 N–H and O–H groups in total. The van der Waals surface area contributed by atoms with Crippen LogP contribution in [0, 0.1) is 0 Å². The Bertz CT molecular complexity index is 114. The zero-order valence-corrected chi connectivity index (χ0v) is 8.52. The number of rotatable bonds is 4. The van der Waals surface area contributed by atoms with Crippen LogP contribution < -0.4 is 5.32 Å². The maximum absolute atomic E-state index is 5.13. The molecule has 1 unspecified atom stereocenters. The van der Waals surface area contributed by atoms with Crippen LogP contribution in [0.1, 0.15) is 12.8 Å². The van der Waals surface area contributed by atoms with Crippen molar-refractivity contribution in [2.24, 2.45) is 0 Å². The largest absolute Gasteiger partial charge is 0.356 e. The maximum atomic E-state index is 5.13. The van der Waals surface area contributed by atoms with E-state index < -0.39 is 0 Å². The van der Waals surface area contributed by atoms with Gasteiger partial charge in [-0.1, -0.05) is 0 Å². The van der Waals surface area contributed by atoms with Gasteiger partial charge in [0.2, 0.25) is 0 Å². The lowest BCUT2D eigenvalue weighted by Gasteiger charge is -2.25. The fourth-order valence-corrected chi connectivity index (χ4v) is 2.36. The standard InChI is InChI=1S/C8H17NO2S/c1-10-8(11-2)6-7-9-4-3-5-12-7/h7-9H,3-6H2,1-2H3. The molecule has 0 aromatic carbocycles. The van der Waals surface area contributed by atoms with Crippen LogP contribution in [0.4, 0.5) is 0 Å². The van der Waals surface area contributed by atoms with E-state index in [0.29, 0.717) is 5.37 Å². The Labute approximate surface area is 78.2 Å². The fourth-order valence-electron chi connectivity index (χ4n) is 1.23. The van der Waals surface area contributed by atoms with Gasteiger partial charge in [0.25, 0.3) is 0 Å². The highest BCUT2D eigenvalue weighted by Crippen LogP contribution is 2.19. The van der Waals surface area contributed by atoms with Crippen LogP contribution in [0.15, 0.2) is 0 Å². The van der Waals surface area contributed by atoms with E-state index in [-0.39, 0.29) is 6.29 Å². The first-order valence-corrected chi connectivity index (χ1v) is 5.32. The van der Waals surface area contributed by atoms with Crippen molar-refractivity contribution in [2.75, 3.05) is 26.5 Å². The Morgan fingerprint density at radius 3 is 2.75 bits per heavy atom. The molecule has 1 aliphatic rings. The van der Waals surface area contributed by atoms with Crippen molar-refractivity contribution in [3.63, 3.8) is 0 Å².